The molecule has 0 radical (unpaired) electrons. The van der Waals surface area contributed by atoms with Crippen molar-refractivity contribution in [1.82, 2.24) is 36.2 Å². The Morgan fingerprint density at radius 2 is 2.04 bits per heavy atom. The molecule has 2 atom stereocenters. The van der Waals surface area contributed by atoms with Crippen LogP contribution in [0.5, 0.6) is 0 Å². The number of benzene rings is 1. The normalized spacial score (nSPS) is 18.7. The van der Waals surface area contributed by atoms with Crippen LogP contribution in [0.15, 0.2) is 42.0 Å². The number of fused-ring (bicyclic) bond motifs is 1. The van der Waals surface area contributed by atoms with Crippen LogP contribution in [0.1, 0.15) is 90.1 Å². The summed E-state index contributed by atoms with van der Waals surface area (Å²) in [5, 5.41) is 30.3. The number of carbonyl (C=O) groups excluding carboxylic acids is 2. The third kappa shape index (κ3) is 11.1. The number of aromatic amines is 1. The van der Waals surface area contributed by atoms with Crippen molar-refractivity contribution in [2.24, 2.45) is 0 Å². The molecule has 0 bridgehead atoms. The first-order valence-corrected chi connectivity index (χ1v) is 16.3. The molecule has 46 heavy (non-hydrogen) atoms. The summed E-state index contributed by atoms with van der Waals surface area (Å²) in [6, 6.07) is 6.80. The number of likely N-dealkylation sites (tertiary alicyclic amines) is 1. The minimum Gasteiger partial charge on any atom is -0.382 e. The number of carbonyl (C=O) groups is 2. The van der Waals surface area contributed by atoms with Crippen LogP contribution in [0.3, 0.4) is 0 Å². The van der Waals surface area contributed by atoms with Crippen LogP contribution in [0.2, 0.25) is 0 Å². The van der Waals surface area contributed by atoms with Gasteiger partial charge in [0.25, 0.3) is 0 Å². The molecule has 0 saturated carbocycles. The predicted molar refractivity (Wildman–Crippen MR) is 176 cm³/mol. The van der Waals surface area contributed by atoms with Gasteiger partial charge < -0.3 is 20.3 Å². The van der Waals surface area contributed by atoms with E-state index < -0.39 is 5.41 Å². The molecule has 2 unspecified atom stereocenters. The smallest absolute Gasteiger partial charge is 0.237 e. The molecule has 1 aliphatic carbocycles. The van der Waals surface area contributed by atoms with Gasteiger partial charge in [0, 0.05) is 33.2 Å². The van der Waals surface area contributed by atoms with Gasteiger partial charge >= 0.3 is 0 Å². The van der Waals surface area contributed by atoms with Crippen molar-refractivity contribution >= 4 is 11.8 Å². The summed E-state index contributed by atoms with van der Waals surface area (Å²) in [5.74, 6) is 0.262. The highest BCUT2D eigenvalue weighted by molar-refractivity contribution is 5.79. The number of H-pyrrole nitrogens is 1. The first-order valence-electron chi connectivity index (χ1n) is 16.3. The number of rotatable bonds is 12. The summed E-state index contributed by atoms with van der Waals surface area (Å²) in [4.78, 5) is 24.6. The summed E-state index contributed by atoms with van der Waals surface area (Å²) in [6.45, 7) is 13.1. The highest BCUT2D eigenvalue weighted by atomic mass is 19.1. The SMILES string of the molecule is C/C=C\C.CCC1=CCCc2cc(F)ccc2C1(CCNCC(=O)N1CCCC1C#N)c1nn[nH]n1.CCOCCCNC(C)=O. The molecule has 252 valence electrons. The fourth-order valence-corrected chi connectivity index (χ4v) is 5.75. The van der Waals surface area contributed by atoms with E-state index in [1.54, 1.807) is 11.0 Å². The first kappa shape index (κ1) is 38.2. The Balaban J connectivity index is 0.000000442. The first-order chi connectivity index (χ1) is 22.3. The minimum absolute atomic E-state index is 0.0245. The molecule has 2 amide bonds. The van der Waals surface area contributed by atoms with E-state index in [1.807, 2.05) is 39.0 Å². The summed E-state index contributed by atoms with van der Waals surface area (Å²) in [7, 11) is 0. The Morgan fingerprint density at radius 3 is 2.67 bits per heavy atom. The zero-order valence-corrected chi connectivity index (χ0v) is 28.1. The summed E-state index contributed by atoms with van der Waals surface area (Å²) in [6.07, 6.45) is 11.7. The average molecular weight is 639 g/mol. The van der Waals surface area contributed by atoms with Crippen molar-refractivity contribution in [3.8, 4) is 6.07 Å². The number of nitriles is 1. The van der Waals surface area contributed by atoms with Crippen molar-refractivity contribution in [3.63, 3.8) is 0 Å². The molecule has 1 aliphatic heterocycles. The van der Waals surface area contributed by atoms with Crippen molar-refractivity contribution in [3.05, 3.63) is 64.8 Å². The van der Waals surface area contributed by atoms with Crippen LogP contribution in [0, 0.1) is 17.1 Å². The van der Waals surface area contributed by atoms with E-state index in [9.17, 15) is 19.2 Å². The van der Waals surface area contributed by atoms with Gasteiger partial charge in [-0.1, -0.05) is 42.0 Å². The topological polar surface area (TPSA) is 149 Å². The van der Waals surface area contributed by atoms with E-state index in [0.717, 1.165) is 69.4 Å². The van der Waals surface area contributed by atoms with Crippen LogP contribution >= 0.6 is 0 Å². The molecule has 2 aromatic rings. The van der Waals surface area contributed by atoms with Crippen molar-refractivity contribution < 1.29 is 18.7 Å². The highest BCUT2D eigenvalue weighted by Crippen LogP contribution is 2.45. The molecule has 4 rings (SSSR count). The standard InChI is InChI=1S/C23H28FN7O.C7H15NO2.C4H8/c1-2-17-6-3-5-16-13-18(24)8-9-20(16)23(17,22-27-29-30-28-22)10-11-26-15-21(32)31-12-4-7-19(31)14-25;1-3-10-6-4-5-8-7(2)9;1-3-4-2/h6,8-9,13,19,26H,2-5,7,10-12,15H2,1H3,(H,27,28,29,30);3-6H2,1-2H3,(H,8,9);3-4H,1-2H3/b;;4-3-. The van der Waals surface area contributed by atoms with E-state index in [2.05, 4.69) is 50.3 Å². The fraction of sp³-hybridized carbons (Fsp3) is 0.588. The minimum atomic E-state index is -0.653. The summed E-state index contributed by atoms with van der Waals surface area (Å²) < 4.78 is 19.1. The van der Waals surface area contributed by atoms with Gasteiger partial charge in [-0.05, 0) is 95.5 Å². The lowest BCUT2D eigenvalue weighted by Crippen LogP contribution is -2.42. The van der Waals surface area contributed by atoms with Crippen molar-refractivity contribution in [1.29, 1.82) is 5.26 Å². The van der Waals surface area contributed by atoms with Gasteiger partial charge in [-0.25, -0.2) is 4.39 Å². The third-order valence-corrected chi connectivity index (χ3v) is 8.04. The molecular weight excluding hydrogens is 587 g/mol. The second-order valence-corrected chi connectivity index (χ2v) is 11.1. The molecule has 0 spiro atoms. The van der Waals surface area contributed by atoms with E-state index in [1.165, 1.54) is 18.6 Å². The lowest BCUT2D eigenvalue weighted by Gasteiger charge is -2.35. The maximum Gasteiger partial charge on any atom is 0.237 e. The number of ether oxygens (including phenoxy) is 1. The van der Waals surface area contributed by atoms with Crippen LogP contribution in [0.25, 0.3) is 0 Å². The van der Waals surface area contributed by atoms with Gasteiger partial charge in [0.15, 0.2) is 5.82 Å². The highest BCUT2D eigenvalue weighted by Gasteiger charge is 2.43. The van der Waals surface area contributed by atoms with Gasteiger partial charge in [-0.2, -0.15) is 10.5 Å². The second-order valence-electron chi connectivity index (χ2n) is 11.1. The van der Waals surface area contributed by atoms with E-state index >= 15 is 0 Å². The number of amides is 2. The van der Waals surface area contributed by atoms with Gasteiger partial charge in [0.1, 0.15) is 11.9 Å². The Kier molecular flexibility index (Phi) is 17.4. The number of aromatic nitrogens is 4. The lowest BCUT2D eigenvalue weighted by atomic mass is 9.69. The van der Waals surface area contributed by atoms with Gasteiger partial charge in [-0.3, -0.25) is 9.59 Å². The zero-order valence-electron chi connectivity index (χ0n) is 28.1. The Bertz CT molecular complexity index is 1300. The molecule has 2 heterocycles. The Morgan fingerprint density at radius 1 is 1.26 bits per heavy atom. The van der Waals surface area contributed by atoms with Gasteiger partial charge in [0.05, 0.1) is 18.0 Å². The Hall–Kier alpha value is -3.95. The molecule has 1 aromatic carbocycles. The fourth-order valence-electron chi connectivity index (χ4n) is 5.75. The number of allylic oxidation sites excluding steroid dienone is 4. The van der Waals surface area contributed by atoms with Crippen molar-refractivity contribution in [2.75, 3.05) is 39.4 Å². The number of nitrogens with one attached hydrogen (secondary N) is 3. The van der Waals surface area contributed by atoms with Crippen LogP contribution in [-0.4, -0.2) is 82.8 Å². The largest absolute Gasteiger partial charge is 0.382 e. The molecular formula is C34H51FN8O3. The summed E-state index contributed by atoms with van der Waals surface area (Å²) >= 11 is 0. The number of hydrogen-bond donors (Lipinski definition) is 3. The molecule has 3 N–H and O–H groups in total. The predicted octanol–water partition coefficient (Wildman–Crippen LogP) is 4.53. The quantitative estimate of drug-likeness (QED) is 0.227. The van der Waals surface area contributed by atoms with Crippen LogP contribution in [0.4, 0.5) is 4.39 Å². The number of aryl methyl sites for hydroxylation is 1. The third-order valence-electron chi connectivity index (χ3n) is 8.04. The van der Waals surface area contributed by atoms with E-state index in [4.69, 9.17) is 4.74 Å². The molecule has 11 nitrogen and oxygen atoms in total. The van der Waals surface area contributed by atoms with Gasteiger partial charge in [-0.15, -0.1) is 10.2 Å². The van der Waals surface area contributed by atoms with Crippen LogP contribution < -0.4 is 10.6 Å². The molecule has 1 saturated heterocycles. The number of nitrogens with zero attached hydrogens (tertiary/aromatic N) is 5. The number of halogens is 1. The molecule has 2 aliphatic rings. The average Bonchev–Trinajstić information content (AvgIpc) is 3.75. The zero-order chi connectivity index (χ0) is 33.8. The van der Waals surface area contributed by atoms with E-state index in [-0.39, 0.29) is 30.2 Å². The van der Waals surface area contributed by atoms with Gasteiger partial charge in [0.2, 0.25) is 11.8 Å². The summed E-state index contributed by atoms with van der Waals surface area (Å²) in [5.41, 5.74) is 2.45. The molecule has 1 aromatic heterocycles. The maximum atomic E-state index is 14.1. The molecule has 12 heteroatoms. The lowest BCUT2D eigenvalue weighted by molar-refractivity contribution is -0.130. The Labute approximate surface area is 273 Å². The maximum absolute atomic E-state index is 14.1. The number of hydrogen-bond acceptors (Lipinski definition) is 8. The van der Waals surface area contributed by atoms with E-state index in [0.29, 0.717) is 25.3 Å². The molecule has 1 fully saturated rings. The second kappa shape index (κ2) is 21.0. The number of tetrazole rings is 1. The van der Waals surface area contributed by atoms with Crippen LogP contribution in [-0.2, 0) is 26.2 Å². The monoisotopic (exact) mass is 638 g/mol. The van der Waals surface area contributed by atoms with Crippen molar-refractivity contribution in [2.45, 2.75) is 91.0 Å².